The molecule has 2 aromatic carbocycles. The maximum atomic E-state index is 5.42. The van der Waals surface area contributed by atoms with Gasteiger partial charge in [-0.05, 0) is 36.2 Å². The largest absolute Gasteiger partial charge is 0.497 e. The van der Waals surface area contributed by atoms with Gasteiger partial charge in [0.15, 0.2) is 0 Å². The van der Waals surface area contributed by atoms with E-state index in [2.05, 4.69) is 50.8 Å². The third kappa shape index (κ3) is 3.17. The van der Waals surface area contributed by atoms with Crippen molar-refractivity contribution in [2.24, 2.45) is 0 Å². The Morgan fingerprint density at radius 2 is 1.88 bits per heavy atom. The molecule has 0 radical (unpaired) electrons. The molecule has 0 spiro atoms. The third-order valence-electron chi connectivity index (χ3n) is 3.92. The molecular weight excluding hydrogens is 314 g/mol. The number of benzene rings is 2. The zero-order valence-electron chi connectivity index (χ0n) is 14.2. The second-order valence-corrected chi connectivity index (χ2v) is 6.98. The molecule has 0 saturated carbocycles. The molecule has 1 heterocycles. The number of ether oxygens (including phenoxy) is 1. The number of fused-ring (bicyclic) bond motifs is 1. The Kier molecular flexibility index (Phi) is 4.91. The van der Waals surface area contributed by atoms with Crippen molar-refractivity contribution in [3.05, 3.63) is 66.4 Å². The first-order valence-corrected chi connectivity index (χ1v) is 8.82. The van der Waals surface area contributed by atoms with Crippen LogP contribution in [-0.4, -0.2) is 12.1 Å². The van der Waals surface area contributed by atoms with E-state index < -0.39 is 0 Å². The molecule has 0 amide bonds. The number of nitrogens with zero attached hydrogens (tertiary/aromatic N) is 1. The molecule has 0 fully saturated rings. The SMILES string of the molecule is C=Cc1c(C(C)C)nc2ccc(OC)cc2c1Sc1ccccc1. The van der Waals surface area contributed by atoms with Crippen molar-refractivity contribution in [1.29, 1.82) is 0 Å². The van der Waals surface area contributed by atoms with E-state index in [1.807, 2.05) is 24.3 Å². The summed E-state index contributed by atoms with van der Waals surface area (Å²) in [4.78, 5) is 7.27. The van der Waals surface area contributed by atoms with Gasteiger partial charge >= 0.3 is 0 Å². The van der Waals surface area contributed by atoms with Gasteiger partial charge in [0.25, 0.3) is 0 Å². The van der Waals surface area contributed by atoms with E-state index in [4.69, 9.17) is 9.72 Å². The summed E-state index contributed by atoms with van der Waals surface area (Å²) >= 11 is 1.75. The van der Waals surface area contributed by atoms with Gasteiger partial charge in [-0.25, -0.2) is 0 Å². The number of methoxy groups -OCH3 is 1. The molecule has 3 heteroatoms. The topological polar surface area (TPSA) is 22.1 Å². The molecule has 0 unspecified atom stereocenters. The number of pyridine rings is 1. The Morgan fingerprint density at radius 3 is 2.50 bits per heavy atom. The molecule has 0 aliphatic rings. The van der Waals surface area contributed by atoms with Gasteiger partial charge in [-0.2, -0.15) is 0 Å². The summed E-state index contributed by atoms with van der Waals surface area (Å²) in [6.07, 6.45) is 1.92. The second-order valence-electron chi connectivity index (χ2n) is 5.90. The third-order valence-corrected chi connectivity index (χ3v) is 5.08. The molecule has 0 N–H and O–H groups in total. The summed E-state index contributed by atoms with van der Waals surface area (Å²) in [6, 6.07) is 16.5. The summed E-state index contributed by atoms with van der Waals surface area (Å²) in [6.45, 7) is 8.38. The van der Waals surface area contributed by atoms with Gasteiger partial charge in [-0.1, -0.05) is 56.5 Å². The molecule has 0 aliphatic carbocycles. The number of aromatic nitrogens is 1. The lowest BCUT2D eigenvalue weighted by Gasteiger charge is -2.17. The van der Waals surface area contributed by atoms with Crippen molar-refractivity contribution in [2.75, 3.05) is 7.11 Å². The Bertz CT molecular complexity index is 872. The lowest BCUT2D eigenvalue weighted by Crippen LogP contribution is -2.00. The fraction of sp³-hybridized carbons (Fsp3) is 0.190. The Balaban J connectivity index is 2.29. The van der Waals surface area contributed by atoms with E-state index in [-0.39, 0.29) is 0 Å². The Hall–Kier alpha value is -2.26. The van der Waals surface area contributed by atoms with Crippen molar-refractivity contribution in [3.8, 4) is 5.75 Å². The van der Waals surface area contributed by atoms with Crippen molar-refractivity contribution >= 4 is 28.7 Å². The van der Waals surface area contributed by atoms with Crippen LogP contribution in [0, 0.1) is 0 Å². The zero-order chi connectivity index (χ0) is 17.1. The van der Waals surface area contributed by atoms with E-state index >= 15 is 0 Å². The minimum Gasteiger partial charge on any atom is -0.497 e. The van der Waals surface area contributed by atoms with Crippen LogP contribution in [0.1, 0.15) is 31.0 Å². The van der Waals surface area contributed by atoms with Crippen LogP contribution in [0.3, 0.4) is 0 Å². The maximum absolute atomic E-state index is 5.42. The Labute approximate surface area is 147 Å². The van der Waals surface area contributed by atoms with Gasteiger partial charge in [-0.3, -0.25) is 4.98 Å². The lowest BCUT2D eigenvalue weighted by atomic mass is 10.0. The van der Waals surface area contributed by atoms with Crippen LogP contribution in [0.2, 0.25) is 0 Å². The van der Waals surface area contributed by atoms with Crippen LogP contribution in [0.4, 0.5) is 0 Å². The van der Waals surface area contributed by atoms with Crippen LogP contribution in [0.5, 0.6) is 5.75 Å². The number of rotatable bonds is 5. The highest BCUT2D eigenvalue weighted by Crippen LogP contribution is 2.40. The molecule has 122 valence electrons. The number of hydrogen-bond donors (Lipinski definition) is 0. The molecule has 1 aromatic heterocycles. The molecule has 0 aliphatic heterocycles. The van der Waals surface area contributed by atoms with Gasteiger partial charge in [-0.15, -0.1) is 0 Å². The van der Waals surface area contributed by atoms with Gasteiger partial charge < -0.3 is 4.74 Å². The van der Waals surface area contributed by atoms with E-state index in [9.17, 15) is 0 Å². The highest BCUT2D eigenvalue weighted by molar-refractivity contribution is 7.99. The molecule has 0 bridgehead atoms. The quantitative estimate of drug-likeness (QED) is 0.557. The predicted molar refractivity (Wildman–Crippen MR) is 103 cm³/mol. The first-order chi connectivity index (χ1) is 11.6. The fourth-order valence-corrected chi connectivity index (χ4v) is 3.83. The van der Waals surface area contributed by atoms with E-state index in [1.165, 1.54) is 9.79 Å². The van der Waals surface area contributed by atoms with E-state index in [0.717, 1.165) is 27.9 Å². The first kappa shape index (κ1) is 16.6. The van der Waals surface area contributed by atoms with Crippen LogP contribution in [-0.2, 0) is 0 Å². The molecule has 0 saturated heterocycles. The predicted octanol–water partition coefficient (Wildman–Crippen LogP) is 6.16. The van der Waals surface area contributed by atoms with Gasteiger partial charge in [0.05, 0.1) is 18.3 Å². The molecule has 3 rings (SSSR count). The molecule has 2 nitrogen and oxygen atoms in total. The standard InChI is InChI=1S/C21H21NOS/c1-5-17-20(14(2)3)22-19-12-11-15(23-4)13-18(19)21(17)24-16-9-7-6-8-10-16/h5-14H,1H2,2-4H3. The van der Waals surface area contributed by atoms with Crippen LogP contribution in [0.15, 0.2) is 64.9 Å². The van der Waals surface area contributed by atoms with Crippen molar-refractivity contribution in [3.63, 3.8) is 0 Å². The highest BCUT2D eigenvalue weighted by Gasteiger charge is 2.17. The average Bonchev–Trinajstić information content (AvgIpc) is 2.61. The van der Waals surface area contributed by atoms with Gasteiger partial charge in [0, 0.05) is 20.7 Å². The van der Waals surface area contributed by atoms with Gasteiger partial charge in [0.2, 0.25) is 0 Å². The fourth-order valence-electron chi connectivity index (χ4n) is 2.73. The highest BCUT2D eigenvalue weighted by atomic mass is 32.2. The van der Waals surface area contributed by atoms with Crippen molar-refractivity contribution in [2.45, 2.75) is 29.6 Å². The number of hydrogen-bond acceptors (Lipinski definition) is 3. The molecule has 3 aromatic rings. The van der Waals surface area contributed by atoms with Crippen molar-refractivity contribution < 1.29 is 4.74 Å². The lowest BCUT2D eigenvalue weighted by molar-refractivity contribution is 0.415. The molecular formula is C21H21NOS. The van der Waals surface area contributed by atoms with E-state index in [0.29, 0.717) is 5.92 Å². The molecule has 0 atom stereocenters. The monoisotopic (exact) mass is 335 g/mol. The summed E-state index contributed by atoms with van der Waals surface area (Å²) in [5.41, 5.74) is 3.18. The van der Waals surface area contributed by atoms with Crippen molar-refractivity contribution in [1.82, 2.24) is 4.98 Å². The van der Waals surface area contributed by atoms with Gasteiger partial charge in [0.1, 0.15) is 5.75 Å². The minimum atomic E-state index is 0.333. The summed E-state index contributed by atoms with van der Waals surface area (Å²) in [5, 5.41) is 1.10. The minimum absolute atomic E-state index is 0.333. The molecule has 24 heavy (non-hydrogen) atoms. The van der Waals surface area contributed by atoms with E-state index in [1.54, 1.807) is 18.9 Å². The summed E-state index contributed by atoms with van der Waals surface area (Å²) in [5.74, 6) is 1.17. The average molecular weight is 335 g/mol. The Morgan fingerprint density at radius 1 is 1.12 bits per heavy atom. The zero-order valence-corrected chi connectivity index (χ0v) is 15.1. The smallest absolute Gasteiger partial charge is 0.119 e. The second kappa shape index (κ2) is 7.10. The van der Waals surface area contributed by atoms with Crippen LogP contribution in [0.25, 0.3) is 17.0 Å². The first-order valence-electron chi connectivity index (χ1n) is 8.01. The van der Waals surface area contributed by atoms with Crippen LogP contribution >= 0.6 is 11.8 Å². The summed E-state index contributed by atoms with van der Waals surface area (Å²) in [7, 11) is 1.69. The van der Waals surface area contributed by atoms with Crippen LogP contribution < -0.4 is 4.74 Å². The maximum Gasteiger partial charge on any atom is 0.119 e. The summed E-state index contributed by atoms with van der Waals surface area (Å²) < 4.78 is 5.42. The normalized spacial score (nSPS) is 11.0.